The lowest BCUT2D eigenvalue weighted by molar-refractivity contribution is 0.0605. The lowest BCUT2D eigenvalue weighted by Crippen LogP contribution is -2.44. The number of carbonyl (C=O) groups is 1. The van der Waals surface area contributed by atoms with Crippen molar-refractivity contribution in [2.45, 2.75) is 38.6 Å². The van der Waals surface area contributed by atoms with Gasteiger partial charge in [-0.3, -0.25) is 4.79 Å². The molecule has 1 aromatic carbocycles. The molecular weight excluding hydrogens is 252 g/mol. The van der Waals surface area contributed by atoms with Crippen molar-refractivity contribution in [1.29, 1.82) is 0 Å². The highest BCUT2D eigenvalue weighted by Gasteiger charge is 2.26. The molecule has 1 saturated heterocycles. The normalized spacial score (nSPS) is 18.9. The average molecular weight is 276 g/mol. The first kappa shape index (κ1) is 14.9. The molecule has 20 heavy (non-hydrogen) atoms. The summed E-state index contributed by atoms with van der Waals surface area (Å²) in [6.45, 7) is 4.07. The van der Waals surface area contributed by atoms with Gasteiger partial charge >= 0.3 is 0 Å². The van der Waals surface area contributed by atoms with Crippen LogP contribution in [0, 0.1) is 0 Å². The minimum absolute atomic E-state index is 0.117. The molecular formula is C16H24N2O2. The third kappa shape index (κ3) is 3.51. The Labute approximate surface area is 120 Å². The number of nitrogens with zero attached hydrogens (tertiary/aromatic N) is 1. The van der Waals surface area contributed by atoms with E-state index in [0.29, 0.717) is 19.2 Å². The second-order valence-corrected chi connectivity index (χ2v) is 5.18. The molecule has 0 bridgehead atoms. The highest BCUT2D eigenvalue weighted by atomic mass is 16.5. The summed E-state index contributed by atoms with van der Waals surface area (Å²) in [5.41, 5.74) is 6.39. The van der Waals surface area contributed by atoms with Crippen molar-refractivity contribution in [3.63, 3.8) is 0 Å². The minimum Gasteiger partial charge on any atom is -0.494 e. The third-order valence-corrected chi connectivity index (χ3v) is 3.80. The quantitative estimate of drug-likeness (QED) is 0.898. The Morgan fingerprint density at radius 3 is 2.75 bits per heavy atom. The molecule has 1 aliphatic heterocycles. The van der Waals surface area contributed by atoms with Crippen LogP contribution in [-0.2, 0) is 0 Å². The number of carbonyl (C=O) groups excluding carboxylic acids is 1. The summed E-state index contributed by atoms with van der Waals surface area (Å²) in [5, 5.41) is 0. The van der Waals surface area contributed by atoms with Crippen LogP contribution in [0.2, 0.25) is 0 Å². The van der Waals surface area contributed by atoms with E-state index in [1.54, 1.807) is 0 Å². The van der Waals surface area contributed by atoms with Crippen molar-refractivity contribution in [3.05, 3.63) is 29.8 Å². The fraction of sp³-hybridized carbons (Fsp3) is 0.562. The van der Waals surface area contributed by atoms with E-state index < -0.39 is 0 Å². The molecule has 4 nitrogen and oxygen atoms in total. The zero-order valence-electron chi connectivity index (χ0n) is 12.2. The van der Waals surface area contributed by atoms with Crippen molar-refractivity contribution in [1.82, 2.24) is 4.90 Å². The van der Waals surface area contributed by atoms with E-state index in [-0.39, 0.29) is 5.91 Å². The van der Waals surface area contributed by atoms with Gasteiger partial charge in [0.05, 0.1) is 6.61 Å². The molecule has 2 N–H and O–H groups in total. The van der Waals surface area contributed by atoms with Crippen molar-refractivity contribution in [2.24, 2.45) is 5.73 Å². The molecule has 1 unspecified atom stereocenters. The Balaban J connectivity index is 2.08. The van der Waals surface area contributed by atoms with Gasteiger partial charge in [-0.2, -0.15) is 0 Å². The second-order valence-electron chi connectivity index (χ2n) is 5.18. The van der Waals surface area contributed by atoms with E-state index in [1.807, 2.05) is 36.1 Å². The number of nitrogens with two attached hydrogens (primary N) is 1. The van der Waals surface area contributed by atoms with Gasteiger partial charge in [-0.05, 0) is 63.4 Å². The number of benzene rings is 1. The van der Waals surface area contributed by atoms with Gasteiger partial charge in [-0.1, -0.05) is 0 Å². The minimum atomic E-state index is 0.117. The summed E-state index contributed by atoms with van der Waals surface area (Å²) in [6.07, 6.45) is 4.24. The van der Waals surface area contributed by atoms with Gasteiger partial charge in [-0.15, -0.1) is 0 Å². The van der Waals surface area contributed by atoms with Crippen LogP contribution in [0.15, 0.2) is 24.3 Å². The highest BCUT2D eigenvalue weighted by Crippen LogP contribution is 2.22. The predicted octanol–water partition coefficient (Wildman–Crippen LogP) is 2.43. The summed E-state index contributed by atoms with van der Waals surface area (Å²) in [7, 11) is 0. The van der Waals surface area contributed by atoms with Crippen LogP contribution < -0.4 is 10.5 Å². The van der Waals surface area contributed by atoms with E-state index in [9.17, 15) is 4.79 Å². The zero-order chi connectivity index (χ0) is 14.4. The van der Waals surface area contributed by atoms with Crippen molar-refractivity contribution in [2.75, 3.05) is 19.7 Å². The Kier molecular flexibility index (Phi) is 5.41. The summed E-state index contributed by atoms with van der Waals surface area (Å²) < 4.78 is 5.40. The molecule has 4 heteroatoms. The van der Waals surface area contributed by atoms with Crippen molar-refractivity contribution < 1.29 is 9.53 Å². The third-order valence-electron chi connectivity index (χ3n) is 3.80. The molecule has 1 amide bonds. The van der Waals surface area contributed by atoms with Crippen LogP contribution >= 0.6 is 0 Å². The number of hydrogen-bond acceptors (Lipinski definition) is 3. The van der Waals surface area contributed by atoms with Gasteiger partial charge in [-0.25, -0.2) is 0 Å². The number of amides is 1. The fourth-order valence-corrected chi connectivity index (χ4v) is 2.79. The first-order chi connectivity index (χ1) is 9.76. The maximum Gasteiger partial charge on any atom is 0.254 e. The molecule has 0 aromatic heterocycles. The van der Waals surface area contributed by atoms with E-state index in [4.69, 9.17) is 10.5 Å². The molecule has 1 aliphatic rings. The zero-order valence-corrected chi connectivity index (χ0v) is 12.2. The number of ether oxygens (including phenoxy) is 1. The predicted molar refractivity (Wildman–Crippen MR) is 80.0 cm³/mol. The molecule has 0 aliphatic carbocycles. The number of likely N-dealkylation sites (tertiary alicyclic amines) is 1. The summed E-state index contributed by atoms with van der Waals surface area (Å²) in [5.74, 6) is 0.924. The molecule has 0 radical (unpaired) electrons. The number of rotatable bonds is 5. The Morgan fingerprint density at radius 2 is 2.10 bits per heavy atom. The van der Waals surface area contributed by atoms with Gasteiger partial charge in [0, 0.05) is 18.2 Å². The molecule has 1 fully saturated rings. The standard InChI is InChI=1S/C16H24N2O2/c1-2-20-15-8-6-13(7-9-15)16(19)18-12-4-3-5-14(18)10-11-17/h6-9,14H,2-5,10-12,17H2,1H3. The van der Waals surface area contributed by atoms with Crippen LogP contribution in [0.1, 0.15) is 43.0 Å². The lowest BCUT2D eigenvalue weighted by atomic mass is 9.98. The SMILES string of the molecule is CCOc1ccc(C(=O)N2CCCCC2CCN)cc1. The Bertz CT molecular complexity index is 429. The molecule has 1 heterocycles. The average Bonchev–Trinajstić information content (AvgIpc) is 2.49. The van der Waals surface area contributed by atoms with Gasteiger partial charge in [0.15, 0.2) is 0 Å². The lowest BCUT2D eigenvalue weighted by Gasteiger charge is -2.35. The van der Waals surface area contributed by atoms with Gasteiger partial charge in [0.1, 0.15) is 5.75 Å². The topological polar surface area (TPSA) is 55.6 Å². The van der Waals surface area contributed by atoms with Crippen molar-refractivity contribution >= 4 is 5.91 Å². The maximum absolute atomic E-state index is 12.6. The first-order valence-electron chi connectivity index (χ1n) is 7.50. The van der Waals surface area contributed by atoms with Crippen LogP contribution in [0.25, 0.3) is 0 Å². The number of piperidine rings is 1. The van der Waals surface area contributed by atoms with E-state index >= 15 is 0 Å². The monoisotopic (exact) mass is 276 g/mol. The van der Waals surface area contributed by atoms with Crippen LogP contribution in [0.3, 0.4) is 0 Å². The van der Waals surface area contributed by atoms with E-state index in [0.717, 1.165) is 37.1 Å². The van der Waals surface area contributed by atoms with E-state index in [1.165, 1.54) is 6.42 Å². The molecule has 1 atom stereocenters. The van der Waals surface area contributed by atoms with Crippen LogP contribution in [-0.4, -0.2) is 36.5 Å². The van der Waals surface area contributed by atoms with Crippen LogP contribution in [0.5, 0.6) is 5.75 Å². The van der Waals surface area contributed by atoms with Crippen LogP contribution in [0.4, 0.5) is 0 Å². The molecule has 0 spiro atoms. The second kappa shape index (κ2) is 7.29. The summed E-state index contributed by atoms with van der Waals surface area (Å²) in [4.78, 5) is 14.6. The fourth-order valence-electron chi connectivity index (χ4n) is 2.79. The summed E-state index contributed by atoms with van der Waals surface area (Å²) >= 11 is 0. The molecule has 1 aromatic rings. The van der Waals surface area contributed by atoms with Gasteiger partial charge in [0.25, 0.3) is 5.91 Å². The smallest absolute Gasteiger partial charge is 0.254 e. The highest BCUT2D eigenvalue weighted by molar-refractivity contribution is 5.94. The Hall–Kier alpha value is -1.55. The molecule has 0 saturated carbocycles. The van der Waals surface area contributed by atoms with Gasteiger partial charge < -0.3 is 15.4 Å². The van der Waals surface area contributed by atoms with Crippen molar-refractivity contribution in [3.8, 4) is 5.75 Å². The maximum atomic E-state index is 12.6. The summed E-state index contributed by atoms with van der Waals surface area (Å²) in [6, 6.07) is 7.72. The molecule has 110 valence electrons. The van der Waals surface area contributed by atoms with E-state index in [2.05, 4.69) is 0 Å². The molecule has 2 rings (SSSR count). The Morgan fingerprint density at radius 1 is 1.35 bits per heavy atom. The number of hydrogen-bond donors (Lipinski definition) is 1. The largest absolute Gasteiger partial charge is 0.494 e. The first-order valence-corrected chi connectivity index (χ1v) is 7.50. The van der Waals surface area contributed by atoms with Gasteiger partial charge in [0.2, 0.25) is 0 Å².